The van der Waals surface area contributed by atoms with E-state index >= 15 is 0 Å². The summed E-state index contributed by atoms with van der Waals surface area (Å²) in [7, 11) is 0. The van der Waals surface area contributed by atoms with Crippen molar-refractivity contribution < 1.29 is 4.79 Å². The summed E-state index contributed by atoms with van der Waals surface area (Å²) in [4.78, 5) is 14.3. The van der Waals surface area contributed by atoms with E-state index < -0.39 is 0 Å². The first kappa shape index (κ1) is 14.2. The predicted octanol–water partition coefficient (Wildman–Crippen LogP) is 4.24. The minimum Gasteiger partial charge on any atom is -0.338 e. The molecule has 5 heteroatoms. The first-order valence-electron chi connectivity index (χ1n) is 5.92. The molecule has 0 bridgehead atoms. The van der Waals surface area contributed by atoms with Crippen molar-refractivity contribution in [3.63, 3.8) is 0 Å². The highest BCUT2D eigenvalue weighted by atomic mass is 79.9. The third-order valence-corrected chi connectivity index (χ3v) is 4.65. The summed E-state index contributed by atoms with van der Waals surface area (Å²) in [6.07, 6.45) is 2.22. The van der Waals surface area contributed by atoms with E-state index in [1.165, 1.54) is 6.42 Å². The third-order valence-electron chi connectivity index (χ3n) is 3.19. The van der Waals surface area contributed by atoms with Gasteiger partial charge in [0.2, 0.25) is 0 Å². The average molecular weight is 351 g/mol. The number of hydrogen-bond donors (Lipinski definition) is 0. The summed E-state index contributed by atoms with van der Waals surface area (Å²) >= 11 is 15.4. The Hall–Kier alpha value is -0.250. The normalized spacial score (nSPS) is 19.9. The van der Waals surface area contributed by atoms with Crippen LogP contribution in [0, 0.1) is 5.92 Å². The SMILES string of the molecule is O=C(c1ccc(Cl)cc1Cl)N1CCCC(CBr)C1. The van der Waals surface area contributed by atoms with Crippen LogP contribution in [0.5, 0.6) is 0 Å². The van der Waals surface area contributed by atoms with E-state index in [4.69, 9.17) is 23.2 Å². The quantitative estimate of drug-likeness (QED) is 0.730. The number of carbonyl (C=O) groups is 1. The smallest absolute Gasteiger partial charge is 0.255 e. The molecule has 1 atom stereocenters. The van der Waals surface area contributed by atoms with E-state index in [9.17, 15) is 4.79 Å². The number of nitrogens with zero attached hydrogens (tertiary/aromatic N) is 1. The number of amides is 1. The predicted molar refractivity (Wildman–Crippen MR) is 78.9 cm³/mol. The molecule has 1 saturated heterocycles. The molecule has 1 amide bonds. The van der Waals surface area contributed by atoms with Crippen LogP contribution in [0.2, 0.25) is 10.0 Å². The second-order valence-electron chi connectivity index (χ2n) is 4.54. The number of alkyl halides is 1. The summed E-state index contributed by atoms with van der Waals surface area (Å²) in [6.45, 7) is 1.60. The van der Waals surface area contributed by atoms with E-state index in [2.05, 4.69) is 15.9 Å². The van der Waals surface area contributed by atoms with Crippen LogP contribution in [-0.4, -0.2) is 29.2 Å². The van der Waals surface area contributed by atoms with Gasteiger partial charge in [0.05, 0.1) is 10.6 Å². The first-order valence-corrected chi connectivity index (χ1v) is 7.80. The second-order valence-corrected chi connectivity index (χ2v) is 6.03. The number of likely N-dealkylation sites (tertiary alicyclic amines) is 1. The maximum absolute atomic E-state index is 12.4. The minimum absolute atomic E-state index is 0.00215. The number of carbonyl (C=O) groups excluding carboxylic acids is 1. The molecule has 2 rings (SSSR count). The van der Waals surface area contributed by atoms with Gasteiger partial charge in [-0.2, -0.15) is 0 Å². The van der Waals surface area contributed by atoms with Gasteiger partial charge in [-0.15, -0.1) is 0 Å². The number of hydrogen-bond acceptors (Lipinski definition) is 1. The maximum Gasteiger partial charge on any atom is 0.255 e. The van der Waals surface area contributed by atoms with Gasteiger partial charge in [0.15, 0.2) is 0 Å². The lowest BCUT2D eigenvalue weighted by Crippen LogP contribution is -2.40. The molecular formula is C13H14BrCl2NO. The van der Waals surface area contributed by atoms with Crippen LogP contribution in [0.3, 0.4) is 0 Å². The molecule has 1 aromatic carbocycles. The zero-order valence-electron chi connectivity index (χ0n) is 9.83. The molecule has 1 unspecified atom stereocenters. The maximum atomic E-state index is 12.4. The van der Waals surface area contributed by atoms with Crippen LogP contribution in [-0.2, 0) is 0 Å². The number of benzene rings is 1. The molecule has 0 aliphatic carbocycles. The number of piperidine rings is 1. The minimum atomic E-state index is 0.00215. The molecule has 0 radical (unpaired) electrons. The Bertz CT molecular complexity index is 453. The van der Waals surface area contributed by atoms with Gasteiger partial charge in [-0.25, -0.2) is 0 Å². The Labute approximate surface area is 125 Å². The van der Waals surface area contributed by atoms with Crippen molar-refractivity contribution >= 4 is 45.0 Å². The van der Waals surface area contributed by atoms with Crippen molar-refractivity contribution in [2.45, 2.75) is 12.8 Å². The Morgan fingerprint density at radius 2 is 2.22 bits per heavy atom. The molecular weight excluding hydrogens is 337 g/mol. The summed E-state index contributed by atoms with van der Waals surface area (Å²) in [5.74, 6) is 0.538. The van der Waals surface area contributed by atoms with Crippen molar-refractivity contribution in [2.24, 2.45) is 5.92 Å². The first-order chi connectivity index (χ1) is 8.61. The van der Waals surface area contributed by atoms with Crippen LogP contribution >= 0.6 is 39.1 Å². The lowest BCUT2D eigenvalue weighted by Gasteiger charge is -2.32. The van der Waals surface area contributed by atoms with Gasteiger partial charge in [0, 0.05) is 23.4 Å². The largest absolute Gasteiger partial charge is 0.338 e. The Balaban J connectivity index is 2.15. The molecule has 1 aliphatic heterocycles. The molecule has 0 saturated carbocycles. The van der Waals surface area contributed by atoms with Crippen molar-refractivity contribution in [3.8, 4) is 0 Å². The second kappa shape index (κ2) is 6.27. The van der Waals surface area contributed by atoms with Gasteiger partial charge in [-0.1, -0.05) is 39.1 Å². The molecule has 0 N–H and O–H groups in total. The van der Waals surface area contributed by atoms with Gasteiger partial charge < -0.3 is 4.90 Å². The Kier molecular flexibility index (Phi) is 4.93. The monoisotopic (exact) mass is 349 g/mol. The highest BCUT2D eigenvalue weighted by molar-refractivity contribution is 9.09. The highest BCUT2D eigenvalue weighted by Crippen LogP contribution is 2.25. The fourth-order valence-electron chi connectivity index (χ4n) is 2.21. The van der Waals surface area contributed by atoms with Crippen molar-refractivity contribution in [1.29, 1.82) is 0 Å². The Morgan fingerprint density at radius 3 is 2.89 bits per heavy atom. The Morgan fingerprint density at radius 1 is 1.44 bits per heavy atom. The molecule has 98 valence electrons. The molecule has 0 aromatic heterocycles. The molecule has 18 heavy (non-hydrogen) atoms. The van der Waals surface area contributed by atoms with Crippen LogP contribution in [0.25, 0.3) is 0 Å². The van der Waals surface area contributed by atoms with E-state index in [0.29, 0.717) is 21.5 Å². The molecule has 1 fully saturated rings. The van der Waals surface area contributed by atoms with Crippen LogP contribution < -0.4 is 0 Å². The van der Waals surface area contributed by atoms with Gasteiger partial charge in [-0.05, 0) is 37.0 Å². The summed E-state index contributed by atoms with van der Waals surface area (Å²) in [5.41, 5.74) is 0.538. The zero-order valence-corrected chi connectivity index (χ0v) is 12.9. The molecule has 1 aromatic rings. The standard InChI is InChI=1S/C13H14BrCl2NO/c14-7-9-2-1-5-17(8-9)13(18)11-4-3-10(15)6-12(11)16/h3-4,6,9H,1-2,5,7-8H2. The van der Waals surface area contributed by atoms with E-state index in [1.807, 2.05) is 4.90 Å². The van der Waals surface area contributed by atoms with Gasteiger partial charge in [0.1, 0.15) is 0 Å². The van der Waals surface area contributed by atoms with E-state index in [1.54, 1.807) is 18.2 Å². The van der Waals surface area contributed by atoms with E-state index in [-0.39, 0.29) is 5.91 Å². The topological polar surface area (TPSA) is 20.3 Å². The van der Waals surface area contributed by atoms with E-state index in [0.717, 1.165) is 24.8 Å². The number of rotatable bonds is 2. The molecule has 1 aliphatic rings. The molecule has 2 nitrogen and oxygen atoms in total. The van der Waals surface area contributed by atoms with Crippen LogP contribution in [0.4, 0.5) is 0 Å². The fourth-order valence-corrected chi connectivity index (χ4v) is 3.23. The zero-order chi connectivity index (χ0) is 13.1. The van der Waals surface area contributed by atoms with Crippen molar-refractivity contribution in [2.75, 3.05) is 18.4 Å². The summed E-state index contributed by atoms with van der Waals surface area (Å²) < 4.78 is 0. The summed E-state index contributed by atoms with van der Waals surface area (Å²) in [5, 5.41) is 1.91. The van der Waals surface area contributed by atoms with Crippen molar-refractivity contribution in [1.82, 2.24) is 4.90 Å². The van der Waals surface area contributed by atoms with Crippen LogP contribution in [0.15, 0.2) is 18.2 Å². The van der Waals surface area contributed by atoms with Gasteiger partial charge in [0.25, 0.3) is 5.91 Å². The third kappa shape index (κ3) is 3.19. The fraction of sp³-hybridized carbons (Fsp3) is 0.462. The van der Waals surface area contributed by atoms with Gasteiger partial charge >= 0.3 is 0 Å². The molecule has 1 heterocycles. The highest BCUT2D eigenvalue weighted by Gasteiger charge is 2.25. The lowest BCUT2D eigenvalue weighted by atomic mass is 9.99. The number of halogens is 3. The van der Waals surface area contributed by atoms with Crippen molar-refractivity contribution in [3.05, 3.63) is 33.8 Å². The summed E-state index contributed by atoms with van der Waals surface area (Å²) in [6, 6.07) is 5.01. The average Bonchev–Trinajstić information content (AvgIpc) is 2.38. The molecule has 0 spiro atoms. The van der Waals surface area contributed by atoms with Crippen LogP contribution in [0.1, 0.15) is 23.2 Å². The van der Waals surface area contributed by atoms with Gasteiger partial charge in [-0.3, -0.25) is 4.79 Å². The lowest BCUT2D eigenvalue weighted by molar-refractivity contribution is 0.0686.